The minimum atomic E-state index is -2.84. The molecule has 0 spiro atoms. The molecule has 0 aromatic carbocycles. The Morgan fingerprint density at radius 3 is 2.08 bits per heavy atom. The van der Waals surface area contributed by atoms with Crippen LogP contribution in [0.3, 0.4) is 0 Å². The molecule has 4 heteroatoms. The van der Waals surface area contributed by atoms with Gasteiger partial charge in [-0.05, 0) is 25.2 Å². The SMILES string of the molecule is CC(C)CCC(N)CCS(C)(=O)=O. The molecule has 0 rings (SSSR count). The highest BCUT2D eigenvalue weighted by Gasteiger charge is 2.08. The fourth-order valence-electron chi connectivity index (χ4n) is 1.06. The van der Waals surface area contributed by atoms with Crippen LogP contribution < -0.4 is 5.73 Å². The van der Waals surface area contributed by atoms with Gasteiger partial charge in [-0.2, -0.15) is 0 Å². The highest BCUT2D eigenvalue weighted by Crippen LogP contribution is 2.08. The van der Waals surface area contributed by atoms with Crippen LogP contribution in [0.4, 0.5) is 0 Å². The lowest BCUT2D eigenvalue weighted by Gasteiger charge is -2.11. The zero-order valence-electron chi connectivity index (χ0n) is 8.79. The maximum atomic E-state index is 10.8. The molecule has 0 amide bonds. The molecule has 0 fully saturated rings. The fraction of sp³-hybridized carbons (Fsp3) is 1.00. The molecule has 0 aliphatic carbocycles. The van der Waals surface area contributed by atoms with Crippen LogP contribution in [-0.4, -0.2) is 26.5 Å². The minimum absolute atomic E-state index is 0.0390. The van der Waals surface area contributed by atoms with Gasteiger partial charge in [-0.3, -0.25) is 0 Å². The highest BCUT2D eigenvalue weighted by molar-refractivity contribution is 7.90. The van der Waals surface area contributed by atoms with Gasteiger partial charge >= 0.3 is 0 Å². The Bertz CT molecular complexity index is 222. The lowest BCUT2D eigenvalue weighted by molar-refractivity contribution is 0.487. The van der Waals surface area contributed by atoms with Crippen LogP contribution in [0.1, 0.15) is 33.1 Å². The smallest absolute Gasteiger partial charge is 0.147 e. The van der Waals surface area contributed by atoms with Crippen LogP contribution in [0, 0.1) is 5.92 Å². The molecule has 0 aliphatic rings. The summed E-state index contributed by atoms with van der Waals surface area (Å²) in [5.41, 5.74) is 5.76. The maximum absolute atomic E-state index is 10.8. The van der Waals surface area contributed by atoms with Crippen molar-refractivity contribution in [1.82, 2.24) is 0 Å². The molecule has 0 saturated heterocycles. The van der Waals surface area contributed by atoms with E-state index in [-0.39, 0.29) is 11.8 Å². The second kappa shape index (κ2) is 5.60. The summed E-state index contributed by atoms with van der Waals surface area (Å²) in [5, 5.41) is 0. The second-order valence-electron chi connectivity index (χ2n) is 4.15. The van der Waals surface area contributed by atoms with Gasteiger partial charge in [0, 0.05) is 12.3 Å². The molecular formula is C9H21NO2S. The lowest BCUT2D eigenvalue weighted by Crippen LogP contribution is -2.23. The number of hydrogen-bond donors (Lipinski definition) is 1. The summed E-state index contributed by atoms with van der Waals surface area (Å²) in [4.78, 5) is 0. The molecule has 2 N–H and O–H groups in total. The molecule has 3 nitrogen and oxygen atoms in total. The number of sulfone groups is 1. The predicted molar refractivity (Wildman–Crippen MR) is 56.4 cm³/mol. The standard InChI is InChI=1S/C9H21NO2S/c1-8(2)4-5-9(10)6-7-13(3,11)12/h8-9H,4-7,10H2,1-3H3. The average molecular weight is 207 g/mol. The molecule has 0 bridgehead atoms. The van der Waals surface area contributed by atoms with Crippen molar-refractivity contribution in [3.05, 3.63) is 0 Å². The van der Waals surface area contributed by atoms with E-state index in [1.54, 1.807) is 0 Å². The number of hydrogen-bond acceptors (Lipinski definition) is 3. The second-order valence-corrected chi connectivity index (χ2v) is 6.41. The van der Waals surface area contributed by atoms with E-state index in [0.29, 0.717) is 12.3 Å². The van der Waals surface area contributed by atoms with E-state index in [4.69, 9.17) is 5.73 Å². The summed E-state index contributed by atoms with van der Waals surface area (Å²) >= 11 is 0. The van der Waals surface area contributed by atoms with Gasteiger partial charge in [-0.25, -0.2) is 8.42 Å². The minimum Gasteiger partial charge on any atom is -0.328 e. The Labute approximate surface area is 81.6 Å². The zero-order valence-corrected chi connectivity index (χ0v) is 9.60. The first-order valence-electron chi connectivity index (χ1n) is 4.74. The van der Waals surface area contributed by atoms with E-state index in [0.717, 1.165) is 12.8 Å². The Hall–Kier alpha value is -0.0900. The summed E-state index contributed by atoms with van der Waals surface area (Å²) in [6, 6.07) is 0.0390. The highest BCUT2D eigenvalue weighted by atomic mass is 32.2. The molecule has 0 aliphatic heterocycles. The predicted octanol–water partition coefficient (Wildman–Crippen LogP) is 1.18. The fourth-order valence-corrected chi connectivity index (χ4v) is 1.79. The van der Waals surface area contributed by atoms with E-state index in [1.165, 1.54) is 6.26 Å². The molecule has 1 atom stereocenters. The molecule has 0 aromatic rings. The van der Waals surface area contributed by atoms with Gasteiger partial charge in [0.25, 0.3) is 0 Å². The van der Waals surface area contributed by atoms with Gasteiger partial charge in [-0.15, -0.1) is 0 Å². The van der Waals surface area contributed by atoms with Crippen molar-refractivity contribution in [3.63, 3.8) is 0 Å². The Kier molecular flexibility index (Phi) is 5.56. The zero-order chi connectivity index (χ0) is 10.5. The molecule has 80 valence electrons. The monoisotopic (exact) mass is 207 g/mol. The van der Waals surface area contributed by atoms with Crippen molar-refractivity contribution in [1.29, 1.82) is 0 Å². The van der Waals surface area contributed by atoms with Crippen LogP contribution >= 0.6 is 0 Å². The number of rotatable bonds is 6. The van der Waals surface area contributed by atoms with Crippen LogP contribution in [0.25, 0.3) is 0 Å². The topological polar surface area (TPSA) is 60.2 Å². The third kappa shape index (κ3) is 9.83. The van der Waals surface area contributed by atoms with Crippen molar-refractivity contribution >= 4 is 9.84 Å². The first-order valence-corrected chi connectivity index (χ1v) is 6.80. The van der Waals surface area contributed by atoms with Crippen molar-refractivity contribution < 1.29 is 8.42 Å². The molecule has 0 heterocycles. The summed E-state index contributed by atoms with van der Waals surface area (Å²) in [6.45, 7) is 4.28. The lowest BCUT2D eigenvalue weighted by atomic mass is 10.0. The molecular weight excluding hydrogens is 186 g/mol. The first-order chi connectivity index (χ1) is 5.81. The van der Waals surface area contributed by atoms with Crippen LogP contribution in [0.5, 0.6) is 0 Å². The van der Waals surface area contributed by atoms with Crippen molar-refractivity contribution in [2.24, 2.45) is 11.7 Å². The van der Waals surface area contributed by atoms with E-state index < -0.39 is 9.84 Å². The first kappa shape index (κ1) is 12.9. The van der Waals surface area contributed by atoms with Crippen LogP contribution in [0.15, 0.2) is 0 Å². The quantitative estimate of drug-likeness (QED) is 0.711. The van der Waals surface area contributed by atoms with E-state index in [9.17, 15) is 8.42 Å². The largest absolute Gasteiger partial charge is 0.328 e. The summed E-state index contributed by atoms with van der Waals surface area (Å²) in [6.07, 6.45) is 3.84. The summed E-state index contributed by atoms with van der Waals surface area (Å²) in [7, 11) is -2.84. The Morgan fingerprint density at radius 2 is 1.69 bits per heavy atom. The third-order valence-corrected chi connectivity index (χ3v) is 2.95. The van der Waals surface area contributed by atoms with E-state index in [1.807, 2.05) is 0 Å². The van der Waals surface area contributed by atoms with Gasteiger partial charge < -0.3 is 5.73 Å². The molecule has 1 unspecified atom stereocenters. The normalized spacial score (nSPS) is 14.8. The molecule has 0 saturated carbocycles. The van der Waals surface area contributed by atoms with Crippen molar-refractivity contribution in [3.8, 4) is 0 Å². The Balaban J connectivity index is 3.58. The van der Waals surface area contributed by atoms with Crippen molar-refractivity contribution in [2.45, 2.75) is 39.2 Å². The maximum Gasteiger partial charge on any atom is 0.147 e. The molecule has 13 heavy (non-hydrogen) atoms. The van der Waals surface area contributed by atoms with Gasteiger partial charge in [0.05, 0.1) is 5.75 Å². The molecule has 0 aromatic heterocycles. The summed E-state index contributed by atoms with van der Waals surface area (Å²) in [5.74, 6) is 0.857. The Morgan fingerprint density at radius 1 is 1.15 bits per heavy atom. The average Bonchev–Trinajstić information content (AvgIpc) is 1.95. The summed E-state index contributed by atoms with van der Waals surface area (Å²) < 4.78 is 21.6. The van der Waals surface area contributed by atoms with E-state index >= 15 is 0 Å². The van der Waals surface area contributed by atoms with Gasteiger partial charge in [0.2, 0.25) is 0 Å². The van der Waals surface area contributed by atoms with E-state index in [2.05, 4.69) is 13.8 Å². The van der Waals surface area contributed by atoms with Gasteiger partial charge in [0.1, 0.15) is 9.84 Å². The third-order valence-electron chi connectivity index (χ3n) is 1.97. The number of nitrogens with two attached hydrogens (primary N) is 1. The van der Waals surface area contributed by atoms with Gasteiger partial charge in [0.15, 0.2) is 0 Å². The molecule has 0 radical (unpaired) electrons. The van der Waals surface area contributed by atoms with Crippen molar-refractivity contribution in [2.75, 3.05) is 12.0 Å². The van der Waals surface area contributed by atoms with Gasteiger partial charge in [-0.1, -0.05) is 13.8 Å². The van der Waals surface area contributed by atoms with Crippen LogP contribution in [-0.2, 0) is 9.84 Å². The van der Waals surface area contributed by atoms with Crippen LogP contribution in [0.2, 0.25) is 0 Å².